The van der Waals surface area contributed by atoms with E-state index in [0.29, 0.717) is 41.7 Å². The number of para-hydroxylation sites is 2. The molecule has 0 saturated carbocycles. The number of nitrogens with one attached hydrogen (secondary N) is 2. The number of anilines is 2. The van der Waals surface area contributed by atoms with Gasteiger partial charge in [0.15, 0.2) is 29.6 Å². The van der Waals surface area contributed by atoms with Gasteiger partial charge in [0.1, 0.15) is 11.3 Å². The molecule has 12 nitrogen and oxygen atoms in total. The van der Waals surface area contributed by atoms with Crippen molar-refractivity contribution in [1.82, 2.24) is 5.32 Å². The van der Waals surface area contributed by atoms with Crippen LogP contribution in [0.1, 0.15) is 32.8 Å². The average molecular weight is 652 g/mol. The Morgan fingerprint density at radius 2 is 1.63 bits per heavy atom. The molecule has 1 aliphatic rings. The van der Waals surface area contributed by atoms with Crippen molar-refractivity contribution in [2.45, 2.75) is 27.2 Å². The van der Waals surface area contributed by atoms with Crippen LogP contribution in [0.5, 0.6) is 28.7 Å². The maximum atomic E-state index is 13.6. The molecule has 242 valence electrons. The minimum atomic E-state index is -0.917. The van der Waals surface area contributed by atoms with Gasteiger partial charge in [0.25, 0.3) is 17.7 Å². The Hall–Kier alpha value is -5.23. The Balaban J connectivity index is 1.59. The number of ether oxygens (including phenoxy) is 5. The van der Waals surface area contributed by atoms with Crippen molar-refractivity contribution in [1.29, 1.82) is 0 Å². The molecule has 13 heteroatoms. The second-order valence-electron chi connectivity index (χ2n) is 9.67. The van der Waals surface area contributed by atoms with Crippen molar-refractivity contribution in [2.24, 2.45) is 0 Å². The van der Waals surface area contributed by atoms with Crippen LogP contribution in [0.15, 0.2) is 60.2 Å². The number of carbonyl (C=O) groups is 4. The van der Waals surface area contributed by atoms with Crippen molar-refractivity contribution < 1.29 is 42.9 Å². The van der Waals surface area contributed by atoms with Gasteiger partial charge in [-0.25, -0.2) is 9.69 Å². The largest absolute Gasteiger partial charge is 0.495 e. The lowest BCUT2D eigenvalue weighted by Crippen LogP contribution is -2.54. The molecule has 1 saturated heterocycles. The highest BCUT2D eigenvalue weighted by atomic mass is 35.5. The second kappa shape index (κ2) is 15.7. The topological polar surface area (TPSA) is 142 Å². The summed E-state index contributed by atoms with van der Waals surface area (Å²) in [5, 5.41) is 4.97. The number of hydrogen-bond acceptors (Lipinski definition) is 9. The quantitative estimate of drug-likeness (QED) is 0.168. The van der Waals surface area contributed by atoms with Crippen LogP contribution in [0, 0.1) is 0 Å². The monoisotopic (exact) mass is 651 g/mol. The van der Waals surface area contributed by atoms with Crippen molar-refractivity contribution in [3.8, 4) is 28.7 Å². The zero-order valence-corrected chi connectivity index (χ0v) is 26.6. The van der Waals surface area contributed by atoms with Crippen molar-refractivity contribution in [3.05, 3.63) is 70.8 Å². The van der Waals surface area contributed by atoms with Crippen LogP contribution in [0.4, 0.5) is 16.2 Å². The third-order valence-electron chi connectivity index (χ3n) is 6.42. The molecule has 46 heavy (non-hydrogen) atoms. The van der Waals surface area contributed by atoms with Crippen LogP contribution in [-0.2, 0) is 14.4 Å². The molecule has 3 aromatic rings. The summed E-state index contributed by atoms with van der Waals surface area (Å²) in [6.45, 7) is 6.10. The van der Waals surface area contributed by atoms with Gasteiger partial charge in [0, 0.05) is 6.07 Å². The van der Waals surface area contributed by atoms with Crippen LogP contribution >= 0.6 is 11.6 Å². The van der Waals surface area contributed by atoms with E-state index in [-0.39, 0.29) is 34.4 Å². The van der Waals surface area contributed by atoms with Gasteiger partial charge in [-0.1, -0.05) is 30.7 Å². The van der Waals surface area contributed by atoms with Gasteiger partial charge in [0.05, 0.1) is 43.3 Å². The number of halogens is 1. The molecular weight excluding hydrogens is 618 g/mol. The Morgan fingerprint density at radius 1 is 0.891 bits per heavy atom. The number of amides is 5. The van der Waals surface area contributed by atoms with E-state index in [1.54, 1.807) is 44.2 Å². The molecule has 3 aromatic carbocycles. The number of urea groups is 1. The molecule has 4 rings (SSSR count). The van der Waals surface area contributed by atoms with E-state index in [0.717, 1.165) is 11.3 Å². The van der Waals surface area contributed by atoms with Gasteiger partial charge in [-0.3, -0.25) is 19.7 Å². The van der Waals surface area contributed by atoms with E-state index in [1.807, 2.05) is 6.92 Å². The first kappa shape index (κ1) is 33.7. The van der Waals surface area contributed by atoms with E-state index >= 15 is 0 Å². The number of hydrogen-bond donors (Lipinski definition) is 2. The van der Waals surface area contributed by atoms with Crippen molar-refractivity contribution in [2.75, 3.05) is 43.8 Å². The normalized spacial score (nSPS) is 13.7. The van der Waals surface area contributed by atoms with Crippen LogP contribution in [0.3, 0.4) is 0 Å². The zero-order chi connectivity index (χ0) is 33.2. The smallest absolute Gasteiger partial charge is 0.335 e. The molecule has 5 amide bonds. The van der Waals surface area contributed by atoms with Crippen LogP contribution in [0.25, 0.3) is 6.08 Å². The van der Waals surface area contributed by atoms with E-state index < -0.39 is 30.4 Å². The number of nitrogens with zero attached hydrogens (tertiary/aromatic N) is 1. The van der Waals surface area contributed by atoms with E-state index in [1.165, 1.54) is 37.5 Å². The minimum absolute atomic E-state index is 0.0588. The molecule has 0 aromatic heterocycles. The summed E-state index contributed by atoms with van der Waals surface area (Å²) in [5.41, 5.74) is 0.628. The standard InChI is InChI=1S/C33H34ClN3O9/c1-5-14-45-26-13-12-21(18-27(26)43-6-2)37-32(40)22(31(39)36-33(37)41)15-20-16-23(34)30(28(17-20)44-7-3)46-19-29(38)35-24-10-8-9-11-25(24)42-4/h8-13,15-18H,5-7,14,19H2,1-4H3,(H,35,38)(H,36,39,41)/b22-15+. The van der Waals surface area contributed by atoms with E-state index in [9.17, 15) is 19.2 Å². The van der Waals surface area contributed by atoms with Gasteiger partial charge in [0.2, 0.25) is 0 Å². The molecule has 1 fully saturated rings. The average Bonchev–Trinajstić information content (AvgIpc) is 3.02. The zero-order valence-electron chi connectivity index (χ0n) is 25.8. The van der Waals surface area contributed by atoms with Crippen LogP contribution < -0.4 is 39.2 Å². The fraction of sp³-hybridized carbons (Fsp3) is 0.273. The molecular formula is C33H34ClN3O9. The fourth-order valence-electron chi connectivity index (χ4n) is 4.44. The highest BCUT2D eigenvalue weighted by Gasteiger charge is 2.37. The number of rotatable bonds is 14. The van der Waals surface area contributed by atoms with Crippen LogP contribution in [0.2, 0.25) is 5.02 Å². The summed E-state index contributed by atoms with van der Waals surface area (Å²) >= 11 is 6.54. The lowest BCUT2D eigenvalue weighted by molar-refractivity contribution is -0.122. The number of imide groups is 2. The predicted molar refractivity (Wildman–Crippen MR) is 172 cm³/mol. The Morgan fingerprint density at radius 3 is 2.35 bits per heavy atom. The Kier molecular flexibility index (Phi) is 11.5. The van der Waals surface area contributed by atoms with Crippen LogP contribution in [-0.4, -0.2) is 57.3 Å². The number of benzene rings is 3. The summed E-state index contributed by atoms with van der Waals surface area (Å²) in [6, 6.07) is 13.6. The molecule has 2 N–H and O–H groups in total. The number of carbonyl (C=O) groups excluding carboxylic acids is 4. The summed E-state index contributed by atoms with van der Waals surface area (Å²) in [4.78, 5) is 52.7. The molecule has 1 aliphatic heterocycles. The first-order valence-electron chi connectivity index (χ1n) is 14.5. The first-order valence-corrected chi connectivity index (χ1v) is 14.9. The van der Waals surface area contributed by atoms with Gasteiger partial charge in [-0.2, -0.15) is 0 Å². The molecule has 0 radical (unpaired) electrons. The first-order chi connectivity index (χ1) is 22.2. The SMILES string of the molecule is CCCOc1ccc(N2C(=O)NC(=O)/C(=C\c3cc(Cl)c(OCC(=O)Nc4ccccc4OC)c(OCC)c3)C2=O)cc1OCC. The summed E-state index contributed by atoms with van der Waals surface area (Å²) < 4.78 is 28.1. The lowest BCUT2D eigenvalue weighted by atomic mass is 10.1. The fourth-order valence-corrected chi connectivity index (χ4v) is 4.71. The third-order valence-corrected chi connectivity index (χ3v) is 6.70. The molecule has 0 aliphatic carbocycles. The third kappa shape index (κ3) is 7.88. The number of barbiturate groups is 1. The maximum absolute atomic E-state index is 13.6. The predicted octanol–water partition coefficient (Wildman–Crippen LogP) is 5.62. The second-order valence-corrected chi connectivity index (χ2v) is 10.1. The highest BCUT2D eigenvalue weighted by Crippen LogP contribution is 2.38. The summed E-state index contributed by atoms with van der Waals surface area (Å²) in [5.74, 6) is -0.670. The van der Waals surface area contributed by atoms with Crippen molar-refractivity contribution in [3.63, 3.8) is 0 Å². The lowest BCUT2D eigenvalue weighted by Gasteiger charge is -2.27. The van der Waals surface area contributed by atoms with Gasteiger partial charge in [-0.05, 0) is 68.3 Å². The highest BCUT2D eigenvalue weighted by molar-refractivity contribution is 6.39. The number of methoxy groups -OCH3 is 1. The molecule has 1 heterocycles. The van der Waals surface area contributed by atoms with E-state index in [4.69, 9.17) is 35.3 Å². The Labute approximate surface area is 271 Å². The molecule has 0 atom stereocenters. The summed E-state index contributed by atoms with van der Waals surface area (Å²) in [6.07, 6.45) is 2.06. The van der Waals surface area contributed by atoms with Gasteiger partial charge >= 0.3 is 6.03 Å². The van der Waals surface area contributed by atoms with Gasteiger partial charge < -0.3 is 29.0 Å². The maximum Gasteiger partial charge on any atom is 0.335 e. The molecule has 0 spiro atoms. The molecule has 0 bridgehead atoms. The molecule has 0 unspecified atom stereocenters. The summed E-state index contributed by atoms with van der Waals surface area (Å²) in [7, 11) is 1.49. The van der Waals surface area contributed by atoms with Crippen molar-refractivity contribution >= 4 is 52.8 Å². The van der Waals surface area contributed by atoms with Gasteiger partial charge in [-0.15, -0.1) is 0 Å². The Bertz CT molecular complexity index is 1660. The minimum Gasteiger partial charge on any atom is -0.495 e. The van der Waals surface area contributed by atoms with E-state index in [2.05, 4.69) is 10.6 Å².